The molecular weight excluding hydrogens is 280 g/mol. The van der Waals surface area contributed by atoms with Gasteiger partial charge >= 0.3 is 0 Å². The topological polar surface area (TPSA) is 29.1 Å². The van der Waals surface area contributed by atoms with Gasteiger partial charge < -0.3 is 5.32 Å². The van der Waals surface area contributed by atoms with E-state index in [1.807, 2.05) is 6.92 Å². The van der Waals surface area contributed by atoms with E-state index in [-0.39, 0.29) is 11.9 Å². The Labute approximate surface area is 116 Å². The summed E-state index contributed by atoms with van der Waals surface area (Å²) in [5, 5.41) is 3.78. The maximum absolute atomic E-state index is 11.9. The Morgan fingerprint density at radius 1 is 1.29 bits per heavy atom. The lowest BCUT2D eigenvalue weighted by atomic mass is 10.1. The SMILES string of the molecule is CC(CCCCl)NC(=O)c1cc(Cl)cc(Cl)c1. The van der Waals surface area contributed by atoms with Crippen LogP contribution >= 0.6 is 34.8 Å². The summed E-state index contributed by atoms with van der Waals surface area (Å²) in [7, 11) is 0. The van der Waals surface area contributed by atoms with Gasteiger partial charge in [-0.1, -0.05) is 23.2 Å². The summed E-state index contributed by atoms with van der Waals surface area (Å²) in [5.41, 5.74) is 0.472. The van der Waals surface area contributed by atoms with Crippen molar-refractivity contribution in [3.8, 4) is 0 Å². The summed E-state index contributed by atoms with van der Waals surface area (Å²) in [6, 6.07) is 4.87. The summed E-state index contributed by atoms with van der Waals surface area (Å²) in [4.78, 5) is 11.9. The minimum atomic E-state index is -0.170. The van der Waals surface area contributed by atoms with Crippen LogP contribution < -0.4 is 5.32 Å². The van der Waals surface area contributed by atoms with E-state index >= 15 is 0 Å². The number of rotatable bonds is 5. The van der Waals surface area contributed by atoms with Crippen LogP contribution in [0.1, 0.15) is 30.1 Å². The Bertz CT molecular complexity index is 375. The highest BCUT2D eigenvalue weighted by molar-refractivity contribution is 6.35. The summed E-state index contributed by atoms with van der Waals surface area (Å²) in [6.45, 7) is 1.94. The van der Waals surface area contributed by atoms with Gasteiger partial charge in [-0.2, -0.15) is 0 Å². The first-order valence-electron chi connectivity index (χ1n) is 5.36. The lowest BCUT2D eigenvalue weighted by Gasteiger charge is -2.13. The van der Waals surface area contributed by atoms with Gasteiger partial charge in [-0.05, 0) is 38.0 Å². The molecule has 0 fully saturated rings. The van der Waals surface area contributed by atoms with Gasteiger partial charge in [-0.3, -0.25) is 4.79 Å². The quantitative estimate of drug-likeness (QED) is 0.813. The molecule has 0 bridgehead atoms. The zero-order valence-electron chi connectivity index (χ0n) is 9.47. The highest BCUT2D eigenvalue weighted by Crippen LogP contribution is 2.19. The van der Waals surface area contributed by atoms with E-state index in [0.29, 0.717) is 21.5 Å². The maximum atomic E-state index is 11.9. The lowest BCUT2D eigenvalue weighted by Crippen LogP contribution is -2.32. The van der Waals surface area contributed by atoms with Gasteiger partial charge in [-0.15, -0.1) is 11.6 Å². The van der Waals surface area contributed by atoms with Crippen molar-refractivity contribution >= 4 is 40.7 Å². The van der Waals surface area contributed by atoms with Crippen molar-refractivity contribution in [2.45, 2.75) is 25.8 Å². The van der Waals surface area contributed by atoms with Gasteiger partial charge in [0.15, 0.2) is 0 Å². The fraction of sp³-hybridized carbons (Fsp3) is 0.417. The minimum absolute atomic E-state index is 0.0824. The monoisotopic (exact) mass is 293 g/mol. The van der Waals surface area contributed by atoms with Gasteiger partial charge in [0.1, 0.15) is 0 Å². The summed E-state index contributed by atoms with van der Waals surface area (Å²) in [6.07, 6.45) is 1.73. The molecule has 0 aliphatic carbocycles. The van der Waals surface area contributed by atoms with Crippen molar-refractivity contribution in [1.82, 2.24) is 5.32 Å². The largest absolute Gasteiger partial charge is 0.350 e. The number of carbonyl (C=O) groups excluding carboxylic acids is 1. The third kappa shape index (κ3) is 5.15. The van der Waals surface area contributed by atoms with Crippen LogP contribution in [0.15, 0.2) is 18.2 Å². The first-order valence-corrected chi connectivity index (χ1v) is 6.65. The smallest absolute Gasteiger partial charge is 0.251 e. The molecule has 0 aromatic heterocycles. The Hall–Kier alpha value is -0.440. The first-order chi connectivity index (χ1) is 8.02. The predicted octanol–water partition coefficient (Wildman–Crippen LogP) is 4.13. The van der Waals surface area contributed by atoms with Crippen LogP contribution in [-0.2, 0) is 0 Å². The number of alkyl halides is 1. The zero-order chi connectivity index (χ0) is 12.8. The molecule has 0 saturated heterocycles. The number of benzene rings is 1. The first kappa shape index (κ1) is 14.6. The molecule has 0 radical (unpaired) electrons. The van der Waals surface area contributed by atoms with Crippen LogP contribution in [0, 0.1) is 0 Å². The number of hydrogen-bond acceptors (Lipinski definition) is 1. The van der Waals surface area contributed by atoms with Crippen LogP contribution in [-0.4, -0.2) is 17.8 Å². The van der Waals surface area contributed by atoms with E-state index in [1.165, 1.54) is 0 Å². The molecule has 2 nitrogen and oxygen atoms in total. The van der Waals surface area contributed by atoms with E-state index in [2.05, 4.69) is 5.32 Å². The fourth-order valence-electron chi connectivity index (χ4n) is 1.45. The zero-order valence-corrected chi connectivity index (χ0v) is 11.7. The molecule has 1 amide bonds. The predicted molar refractivity (Wildman–Crippen MR) is 73.3 cm³/mol. The number of hydrogen-bond donors (Lipinski definition) is 1. The van der Waals surface area contributed by atoms with Crippen molar-refractivity contribution in [2.24, 2.45) is 0 Å². The Morgan fingerprint density at radius 2 is 1.88 bits per heavy atom. The van der Waals surface area contributed by atoms with E-state index in [0.717, 1.165) is 12.8 Å². The molecule has 0 aliphatic rings. The number of nitrogens with one attached hydrogen (secondary N) is 1. The highest BCUT2D eigenvalue weighted by atomic mass is 35.5. The molecule has 0 aliphatic heterocycles. The Kier molecular flexibility index (Phi) is 6.10. The standard InChI is InChI=1S/C12H14Cl3NO/c1-8(3-2-4-13)16-12(17)9-5-10(14)7-11(15)6-9/h5-8H,2-4H2,1H3,(H,16,17). The molecule has 1 atom stereocenters. The second kappa shape index (κ2) is 7.10. The second-order valence-electron chi connectivity index (χ2n) is 3.86. The molecule has 94 valence electrons. The van der Waals surface area contributed by atoms with Crippen molar-refractivity contribution in [3.05, 3.63) is 33.8 Å². The van der Waals surface area contributed by atoms with Crippen LogP contribution in [0.3, 0.4) is 0 Å². The highest BCUT2D eigenvalue weighted by Gasteiger charge is 2.10. The summed E-state index contributed by atoms with van der Waals surface area (Å²) < 4.78 is 0. The third-order valence-electron chi connectivity index (χ3n) is 2.27. The third-order valence-corrected chi connectivity index (χ3v) is 2.98. The van der Waals surface area contributed by atoms with Crippen molar-refractivity contribution in [3.63, 3.8) is 0 Å². The molecule has 1 aromatic rings. The molecular formula is C12H14Cl3NO. The molecule has 1 N–H and O–H groups in total. The number of halogens is 3. The van der Waals surface area contributed by atoms with E-state index in [1.54, 1.807) is 18.2 Å². The average Bonchev–Trinajstić information content (AvgIpc) is 2.25. The summed E-state index contributed by atoms with van der Waals surface area (Å²) >= 11 is 17.3. The minimum Gasteiger partial charge on any atom is -0.350 e. The van der Waals surface area contributed by atoms with Gasteiger partial charge in [-0.25, -0.2) is 0 Å². The van der Waals surface area contributed by atoms with Crippen molar-refractivity contribution in [1.29, 1.82) is 0 Å². The molecule has 5 heteroatoms. The molecule has 1 rings (SSSR count). The molecule has 1 aromatic carbocycles. The van der Waals surface area contributed by atoms with Gasteiger partial charge in [0.2, 0.25) is 0 Å². The molecule has 17 heavy (non-hydrogen) atoms. The Balaban J connectivity index is 2.63. The van der Waals surface area contributed by atoms with E-state index in [9.17, 15) is 4.79 Å². The van der Waals surface area contributed by atoms with Crippen LogP contribution in [0.5, 0.6) is 0 Å². The second-order valence-corrected chi connectivity index (χ2v) is 5.11. The van der Waals surface area contributed by atoms with E-state index in [4.69, 9.17) is 34.8 Å². The van der Waals surface area contributed by atoms with Crippen molar-refractivity contribution < 1.29 is 4.79 Å². The normalized spacial score (nSPS) is 12.2. The average molecular weight is 295 g/mol. The van der Waals surface area contributed by atoms with Crippen LogP contribution in [0.25, 0.3) is 0 Å². The summed E-state index contributed by atoms with van der Waals surface area (Å²) in [5.74, 6) is 0.430. The molecule has 0 spiro atoms. The van der Waals surface area contributed by atoms with Crippen molar-refractivity contribution in [2.75, 3.05) is 5.88 Å². The molecule has 0 heterocycles. The van der Waals surface area contributed by atoms with Gasteiger partial charge in [0.05, 0.1) is 0 Å². The fourth-order valence-corrected chi connectivity index (χ4v) is 2.13. The van der Waals surface area contributed by atoms with Crippen LogP contribution in [0.2, 0.25) is 10.0 Å². The maximum Gasteiger partial charge on any atom is 0.251 e. The number of carbonyl (C=O) groups is 1. The lowest BCUT2D eigenvalue weighted by molar-refractivity contribution is 0.0938. The number of amides is 1. The Morgan fingerprint density at radius 3 is 2.41 bits per heavy atom. The van der Waals surface area contributed by atoms with Crippen LogP contribution in [0.4, 0.5) is 0 Å². The molecule has 1 unspecified atom stereocenters. The van der Waals surface area contributed by atoms with E-state index < -0.39 is 0 Å². The van der Waals surface area contributed by atoms with Gasteiger partial charge in [0.25, 0.3) is 5.91 Å². The van der Waals surface area contributed by atoms with Gasteiger partial charge in [0, 0.05) is 27.5 Å². The molecule has 0 saturated carbocycles.